The number of rotatable bonds is 9. The van der Waals surface area contributed by atoms with Crippen LogP contribution in [0.3, 0.4) is 0 Å². The van der Waals surface area contributed by atoms with E-state index in [0.717, 1.165) is 24.8 Å². The number of thioether (sulfide) groups is 1. The summed E-state index contributed by atoms with van der Waals surface area (Å²) in [6.45, 7) is 2.84. The summed E-state index contributed by atoms with van der Waals surface area (Å²) in [5, 5.41) is 11.2. The van der Waals surface area contributed by atoms with Crippen LogP contribution in [0.4, 0.5) is 0 Å². The van der Waals surface area contributed by atoms with Gasteiger partial charge in [-0.3, -0.25) is 4.79 Å². The molecule has 0 radical (unpaired) electrons. The lowest BCUT2D eigenvalue weighted by Gasteiger charge is -2.03. The zero-order valence-electron chi connectivity index (χ0n) is 13.4. The average molecular weight is 335 g/mol. The van der Waals surface area contributed by atoms with Crippen molar-refractivity contribution in [1.82, 2.24) is 15.5 Å². The van der Waals surface area contributed by atoms with Crippen LogP contribution < -0.4 is 10.1 Å². The van der Waals surface area contributed by atoms with Crippen molar-refractivity contribution in [3.05, 3.63) is 24.3 Å². The van der Waals surface area contributed by atoms with Crippen LogP contribution in [0.15, 0.2) is 33.9 Å². The van der Waals surface area contributed by atoms with Gasteiger partial charge in [0.05, 0.1) is 18.4 Å². The van der Waals surface area contributed by atoms with Gasteiger partial charge in [0.2, 0.25) is 5.91 Å². The molecule has 6 nitrogen and oxygen atoms in total. The summed E-state index contributed by atoms with van der Waals surface area (Å²) in [5.74, 6) is 1.29. The minimum absolute atomic E-state index is 0.0249. The Morgan fingerprint density at radius 2 is 2.13 bits per heavy atom. The second-order valence-corrected chi connectivity index (χ2v) is 5.85. The van der Waals surface area contributed by atoms with E-state index >= 15 is 0 Å². The normalized spacial score (nSPS) is 10.5. The predicted molar refractivity (Wildman–Crippen MR) is 89.5 cm³/mol. The largest absolute Gasteiger partial charge is 0.496 e. The molecule has 0 bridgehead atoms. The molecule has 0 aliphatic heterocycles. The molecule has 0 saturated heterocycles. The van der Waals surface area contributed by atoms with Gasteiger partial charge in [0.25, 0.3) is 11.1 Å². The van der Waals surface area contributed by atoms with Crippen molar-refractivity contribution in [2.45, 2.75) is 31.4 Å². The fourth-order valence-corrected chi connectivity index (χ4v) is 2.57. The van der Waals surface area contributed by atoms with Crippen LogP contribution in [0.25, 0.3) is 11.5 Å². The second-order valence-electron chi connectivity index (χ2n) is 4.92. The molecule has 1 N–H and O–H groups in total. The molecule has 7 heteroatoms. The number of nitrogens with zero attached hydrogens (tertiary/aromatic N) is 2. The van der Waals surface area contributed by atoms with Gasteiger partial charge in [0.1, 0.15) is 5.75 Å². The first-order chi connectivity index (χ1) is 11.2. The zero-order valence-corrected chi connectivity index (χ0v) is 14.2. The van der Waals surface area contributed by atoms with Crippen LogP contribution in [0.2, 0.25) is 0 Å². The van der Waals surface area contributed by atoms with Crippen LogP contribution in [-0.4, -0.2) is 35.5 Å². The van der Waals surface area contributed by atoms with Crippen molar-refractivity contribution in [3.63, 3.8) is 0 Å². The van der Waals surface area contributed by atoms with E-state index in [2.05, 4.69) is 22.4 Å². The number of nitrogens with one attached hydrogen (secondary N) is 1. The number of aromatic nitrogens is 2. The molecule has 2 aromatic rings. The number of amides is 1. The Bertz CT molecular complexity index is 631. The smallest absolute Gasteiger partial charge is 0.277 e. The van der Waals surface area contributed by atoms with Gasteiger partial charge in [0.15, 0.2) is 0 Å². The minimum atomic E-state index is -0.0249. The van der Waals surface area contributed by atoms with E-state index in [1.165, 1.54) is 11.8 Å². The maximum Gasteiger partial charge on any atom is 0.277 e. The molecule has 1 heterocycles. The van der Waals surface area contributed by atoms with Gasteiger partial charge in [0, 0.05) is 6.54 Å². The zero-order chi connectivity index (χ0) is 16.5. The van der Waals surface area contributed by atoms with Crippen molar-refractivity contribution in [3.8, 4) is 17.2 Å². The van der Waals surface area contributed by atoms with Crippen molar-refractivity contribution in [1.29, 1.82) is 0 Å². The highest BCUT2D eigenvalue weighted by Gasteiger charge is 2.14. The number of carbonyl (C=O) groups excluding carboxylic acids is 1. The molecule has 1 amide bonds. The minimum Gasteiger partial charge on any atom is -0.496 e. The van der Waals surface area contributed by atoms with Gasteiger partial charge >= 0.3 is 0 Å². The summed E-state index contributed by atoms with van der Waals surface area (Å²) in [6, 6.07) is 7.42. The topological polar surface area (TPSA) is 77.2 Å². The van der Waals surface area contributed by atoms with Gasteiger partial charge in [-0.2, -0.15) is 0 Å². The molecule has 23 heavy (non-hydrogen) atoms. The first kappa shape index (κ1) is 17.3. The van der Waals surface area contributed by atoms with Crippen LogP contribution in [0.5, 0.6) is 5.75 Å². The number of hydrogen-bond donors (Lipinski definition) is 1. The van der Waals surface area contributed by atoms with Gasteiger partial charge in [-0.15, -0.1) is 10.2 Å². The average Bonchev–Trinajstić information content (AvgIpc) is 3.05. The molecule has 1 aromatic heterocycles. The number of ether oxygens (including phenoxy) is 1. The Morgan fingerprint density at radius 3 is 2.91 bits per heavy atom. The Labute approximate surface area is 140 Å². The number of para-hydroxylation sites is 1. The Hall–Kier alpha value is -2.02. The Kier molecular flexibility index (Phi) is 6.93. The van der Waals surface area contributed by atoms with E-state index in [0.29, 0.717) is 23.4 Å². The Morgan fingerprint density at radius 1 is 1.30 bits per heavy atom. The summed E-state index contributed by atoms with van der Waals surface area (Å²) < 4.78 is 10.9. The molecule has 124 valence electrons. The third kappa shape index (κ3) is 5.28. The summed E-state index contributed by atoms with van der Waals surface area (Å²) in [5.41, 5.74) is 0.735. The van der Waals surface area contributed by atoms with Gasteiger partial charge in [-0.25, -0.2) is 0 Å². The van der Waals surface area contributed by atoms with E-state index < -0.39 is 0 Å². The van der Waals surface area contributed by atoms with E-state index in [-0.39, 0.29) is 11.7 Å². The van der Waals surface area contributed by atoms with E-state index in [1.807, 2.05) is 24.3 Å². The number of carbonyl (C=O) groups is 1. The van der Waals surface area contributed by atoms with Gasteiger partial charge in [-0.05, 0) is 18.6 Å². The van der Waals surface area contributed by atoms with Crippen LogP contribution in [0.1, 0.15) is 26.2 Å². The van der Waals surface area contributed by atoms with Crippen LogP contribution in [-0.2, 0) is 4.79 Å². The van der Waals surface area contributed by atoms with Crippen LogP contribution >= 0.6 is 11.8 Å². The monoisotopic (exact) mass is 335 g/mol. The van der Waals surface area contributed by atoms with E-state index in [4.69, 9.17) is 9.15 Å². The molecule has 2 rings (SSSR count). The van der Waals surface area contributed by atoms with E-state index in [1.54, 1.807) is 7.11 Å². The first-order valence-corrected chi connectivity index (χ1v) is 8.59. The third-order valence-electron chi connectivity index (χ3n) is 3.17. The van der Waals surface area contributed by atoms with E-state index in [9.17, 15) is 4.79 Å². The lowest BCUT2D eigenvalue weighted by atomic mass is 10.2. The molecule has 0 aliphatic carbocycles. The predicted octanol–water partition coefficient (Wildman–Crippen LogP) is 3.14. The molecule has 1 aromatic carbocycles. The highest BCUT2D eigenvalue weighted by atomic mass is 32.2. The first-order valence-electron chi connectivity index (χ1n) is 7.61. The van der Waals surface area contributed by atoms with Gasteiger partial charge in [-0.1, -0.05) is 43.7 Å². The SMILES string of the molecule is CCCCCNC(=O)CSc1nnc(-c2ccccc2OC)o1. The molecule has 0 fully saturated rings. The quantitative estimate of drug-likeness (QED) is 0.560. The fraction of sp³-hybridized carbons (Fsp3) is 0.438. The van der Waals surface area contributed by atoms with Crippen molar-refractivity contribution >= 4 is 17.7 Å². The highest BCUT2D eigenvalue weighted by molar-refractivity contribution is 7.99. The molecule has 0 unspecified atom stereocenters. The lowest BCUT2D eigenvalue weighted by Crippen LogP contribution is -2.26. The Balaban J connectivity index is 1.86. The number of benzene rings is 1. The number of methoxy groups -OCH3 is 1. The van der Waals surface area contributed by atoms with Crippen molar-refractivity contribution < 1.29 is 13.9 Å². The molecule has 0 aliphatic rings. The molecular weight excluding hydrogens is 314 g/mol. The molecular formula is C16H21N3O3S. The van der Waals surface area contributed by atoms with Crippen molar-refractivity contribution in [2.75, 3.05) is 19.4 Å². The maximum absolute atomic E-state index is 11.7. The second kappa shape index (κ2) is 9.19. The van der Waals surface area contributed by atoms with Gasteiger partial charge < -0.3 is 14.5 Å². The molecule has 0 atom stereocenters. The highest BCUT2D eigenvalue weighted by Crippen LogP contribution is 2.30. The fourth-order valence-electron chi connectivity index (χ4n) is 1.98. The molecule has 0 spiro atoms. The lowest BCUT2D eigenvalue weighted by molar-refractivity contribution is -0.118. The number of hydrogen-bond acceptors (Lipinski definition) is 6. The maximum atomic E-state index is 11.7. The summed E-state index contributed by atoms with van der Waals surface area (Å²) in [4.78, 5) is 11.7. The van der Waals surface area contributed by atoms with Crippen LogP contribution in [0, 0.1) is 0 Å². The third-order valence-corrected chi connectivity index (χ3v) is 3.99. The van der Waals surface area contributed by atoms with Crippen molar-refractivity contribution in [2.24, 2.45) is 0 Å². The standard InChI is InChI=1S/C16H21N3O3S/c1-3-4-7-10-17-14(20)11-23-16-19-18-15(22-16)12-8-5-6-9-13(12)21-2/h5-6,8-9H,3-4,7,10-11H2,1-2H3,(H,17,20). The number of unbranched alkanes of at least 4 members (excludes halogenated alkanes) is 2. The summed E-state index contributed by atoms with van der Waals surface area (Å²) in [7, 11) is 1.59. The summed E-state index contributed by atoms with van der Waals surface area (Å²) in [6.07, 6.45) is 3.27. The molecule has 0 saturated carbocycles. The summed E-state index contributed by atoms with van der Waals surface area (Å²) >= 11 is 1.23.